The van der Waals surface area contributed by atoms with Crippen molar-refractivity contribution in [3.8, 4) is 11.5 Å². The smallest absolute Gasteiger partial charge is 0.282 e. The second-order valence-electron chi connectivity index (χ2n) is 6.71. The van der Waals surface area contributed by atoms with Gasteiger partial charge in [0, 0.05) is 15.1 Å². The van der Waals surface area contributed by atoms with Gasteiger partial charge in [-0.25, -0.2) is 4.99 Å². The quantitative estimate of drug-likeness (QED) is 0.409. The van der Waals surface area contributed by atoms with Gasteiger partial charge in [-0.2, -0.15) is 0 Å². The second-order valence-corrected chi connectivity index (χ2v) is 8.06. The van der Waals surface area contributed by atoms with Gasteiger partial charge >= 0.3 is 0 Å². The van der Waals surface area contributed by atoms with Gasteiger partial charge in [-0.1, -0.05) is 39.7 Å². The van der Waals surface area contributed by atoms with E-state index in [9.17, 15) is 4.79 Å². The van der Waals surface area contributed by atoms with Crippen molar-refractivity contribution in [3.05, 3.63) is 93.0 Å². The summed E-state index contributed by atoms with van der Waals surface area (Å²) in [6.07, 6.45) is 1.73. The number of aliphatic imine (C=N–C) groups is 1. The molecule has 4 rings (SSSR count). The van der Waals surface area contributed by atoms with E-state index < -0.39 is 0 Å². The lowest BCUT2D eigenvalue weighted by molar-refractivity contribution is -0.113. The predicted octanol–water partition coefficient (Wildman–Crippen LogP) is 5.95. The molecule has 1 amide bonds. The number of methoxy groups -OCH3 is 2. The van der Waals surface area contributed by atoms with Crippen LogP contribution >= 0.6 is 27.5 Å². The van der Waals surface area contributed by atoms with E-state index in [1.165, 1.54) is 0 Å². The number of benzene rings is 3. The molecule has 0 spiro atoms. The fraction of sp³-hybridized carbons (Fsp3) is 0.0833. The Morgan fingerprint density at radius 3 is 2.39 bits per heavy atom. The van der Waals surface area contributed by atoms with E-state index in [-0.39, 0.29) is 5.91 Å². The largest absolute Gasteiger partial charge is 0.493 e. The minimum Gasteiger partial charge on any atom is -0.493 e. The van der Waals surface area contributed by atoms with E-state index in [2.05, 4.69) is 20.9 Å². The van der Waals surface area contributed by atoms with Crippen molar-refractivity contribution in [2.24, 2.45) is 4.99 Å². The van der Waals surface area contributed by atoms with Gasteiger partial charge in [-0.15, -0.1) is 0 Å². The minimum atomic E-state index is -0.224. The van der Waals surface area contributed by atoms with Gasteiger partial charge in [0.15, 0.2) is 11.5 Å². The third-order valence-corrected chi connectivity index (χ3v) is 5.49. The van der Waals surface area contributed by atoms with Crippen molar-refractivity contribution in [1.82, 2.24) is 0 Å². The Labute approximate surface area is 193 Å². The molecule has 0 atom stereocenters. The number of hydrogen-bond donors (Lipinski definition) is 0. The molecule has 0 aliphatic carbocycles. The first-order chi connectivity index (χ1) is 15.0. The van der Waals surface area contributed by atoms with Gasteiger partial charge < -0.3 is 9.47 Å². The van der Waals surface area contributed by atoms with Gasteiger partial charge in [0.1, 0.15) is 11.5 Å². The molecule has 0 fully saturated rings. The number of carbonyl (C=O) groups excluding carboxylic acids is 1. The van der Waals surface area contributed by atoms with Gasteiger partial charge in [0.25, 0.3) is 5.91 Å². The van der Waals surface area contributed by atoms with Crippen LogP contribution in [0.3, 0.4) is 0 Å². The Bertz CT molecular complexity index is 1210. The van der Waals surface area contributed by atoms with E-state index in [0.29, 0.717) is 33.7 Å². The summed E-state index contributed by atoms with van der Waals surface area (Å²) >= 11 is 9.53. The number of anilines is 1. The van der Waals surface area contributed by atoms with Gasteiger partial charge in [-0.3, -0.25) is 9.69 Å². The van der Waals surface area contributed by atoms with Crippen molar-refractivity contribution in [2.75, 3.05) is 19.1 Å². The molecule has 5 nitrogen and oxygen atoms in total. The molecule has 3 aromatic carbocycles. The number of hydrogen-bond acceptors (Lipinski definition) is 4. The topological polar surface area (TPSA) is 51.1 Å². The fourth-order valence-electron chi connectivity index (χ4n) is 3.26. The van der Waals surface area contributed by atoms with Crippen molar-refractivity contribution in [1.29, 1.82) is 0 Å². The molecule has 156 valence electrons. The van der Waals surface area contributed by atoms with E-state index in [4.69, 9.17) is 21.1 Å². The molecule has 0 unspecified atom stereocenters. The molecule has 0 aromatic heterocycles. The van der Waals surface area contributed by atoms with Crippen LogP contribution in [0, 0.1) is 0 Å². The standard InChI is InChI=1S/C24H18BrClN2O3/c1-30-21-11-6-15(13-22(21)31-2)12-20-24(29)28(19-5-3-4-17(25)14-19)23(27-20)16-7-9-18(26)10-8-16/h3-14H,1-2H3/b20-12+. The zero-order valence-electron chi connectivity index (χ0n) is 16.8. The first-order valence-electron chi connectivity index (χ1n) is 9.38. The van der Waals surface area contributed by atoms with Gasteiger partial charge in [0.05, 0.1) is 19.9 Å². The Morgan fingerprint density at radius 2 is 1.71 bits per heavy atom. The summed E-state index contributed by atoms with van der Waals surface area (Å²) in [5, 5.41) is 0.615. The number of ether oxygens (including phenoxy) is 2. The lowest BCUT2D eigenvalue weighted by Crippen LogP contribution is -2.32. The molecule has 3 aromatic rings. The molecule has 7 heteroatoms. The fourth-order valence-corrected chi connectivity index (χ4v) is 3.78. The van der Waals surface area contributed by atoms with Crippen molar-refractivity contribution >= 4 is 51.0 Å². The van der Waals surface area contributed by atoms with Crippen LogP contribution in [0.15, 0.2) is 81.9 Å². The molecule has 0 saturated heterocycles. The summed E-state index contributed by atoms with van der Waals surface area (Å²) in [5.41, 5.74) is 2.59. The molecule has 0 N–H and O–H groups in total. The van der Waals surface area contributed by atoms with Crippen LogP contribution in [0.4, 0.5) is 5.69 Å². The predicted molar refractivity (Wildman–Crippen MR) is 127 cm³/mol. The van der Waals surface area contributed by atoms with Crippen LogP contribution in [0.1, 0.15) is 11.1 Å². The zero-order chi connectivity index (χ0) is 22.0. The van der Waals surface area contributed by atoms with Gasteiger partial charge in [-0.05, 0) is 66.2 Å². The highest BCUT2D eigenvalue weighted by molar-refractivity contribution is 9.10. The van der Waals surface area contributed by atoms with E-state index in [0.717, 1.165) is 15.6 Å². The maximum Gasteiger partial charge on any atom is 0.282 e. The Hall–Kier alpha value is -3.09. The number of amidine groups is 1. The second kappa shape index (κ2) is 8.96. The minimum absolute atomic E-state index is 0.224. The Kier molecular flexibility index (Phi) is 6.11. The molecular formula is C24H18BrClN2O3. The maximum atomic E-state index is 13.4. The number of carbonyl (C=O) groups is 1. The Balaban J connectivity index is 1.81. The van der Waals surface area contributed by atoms with E-state index >= 15 is 0 Å². The summed E-state index contributed by atoms with van der Waals surface area (Å²) in [6, 6.07) is 20.2. The molecule has 0 radical (unpaired) electrons. The third kappa shape index (κ3) is 4.36. The average molecular weight is 498 g/mol. The normalized spacial score (nSPS) is 14.7. The third-order valence-electron chi connectivity index (χ3n) is 4.74. The number of rotatable bonds is 5. The zero-order valence-corrected chi connectivity index (χ0v) is 19.1. The Morgan fingerprint density at radius 1 is 0.968 bits per heavy atom. The number of nitrogens with zero attached hydrogens (tertiary/aromatic N) is 2. The molecule has 0 saturated carbocycles. The highest BCUT2D eigenvalue weighted by Gasteiger charge is 2.32. The van der Waals surface area contributed by atoms with Crippen LogP contribution in [-0.2, 0) is 4.79 Å². The summed E-state index contributed by atoms with van der Waals surface area (Å²) in [4.78, 5) is 19.7. The summed E-state index contributed by atoms with van der Waals surface area (Å²) in [5.74, 6) is 1.50. The SMILES string of the molecule is COc1ccc(/C=C2/N=C(c3ccc(Cl)cc3)N(c3cccc(Br)c3)C2=O)cc1OC. The number of halogens is 2. The molecule has 31 heavy (non-hydrogen) atoms. The highest BCUT2D eigenvalue weighted by Crippen LogP contribution is 2.32. The van der Waals surface area contributed by atoms with Crippen LogP contribution in [-0.4, -0.2) is 26.0 Å². The average Bonchev–Trinajstić information content (AvgIpc) is 3.10. The molecule has 1 aliphatic rings. The first-order valence-corrected chi connectivity index (χ1v) is 10.6. The molecule has 1 heterocycles. The summed E-state index contributed by atoms with van der Waals surface area (Å²) in [6.45, 7) is 0. The summed E-state index contributed by atoms with van der Waals surface area (Å²) in [7, 11) is 3.15. The van der Waals surface area contributed by atoms with Gasteiger partial charge in [0.2, 0.25) is 0 Å². The van der Waals surface area contributed by atoms with Crippen molar-refractivity contribution in [3.63, 3.8) is 0 Å². The molecule has 1 aliphatic heterocycles. The first kappa shape index (κ1) is 21.2. The maximum absolute atomic E-state index is 13.4. The van der Waals surface area contributed by atoms with Crippen molar-refractivity contribution < 1.29 is 14.3 Å². The lowest BCUT2D eigenvalue weighted by atomic mass is 10.1. The van der Waals surface area contributed by atoms with E-state index in [1.54, 1.807) is 49.5 Å². The highest BCUT2D eigenvalue weighted by atomic mass is 79.9. The van der Waals surface area contributed by atoms with Crippen molar-refractivity contribution in [2.45, 2.75) is 0 Å². The monoisotopic (exact) mass is 496 g/mol. The molecule has 0 bridgehead atoms. The molecular weight excluding hydrogens is 480 g/mol. The van der Waals surface area contributed by atoms with Crippen LogP contribution in [0.25, 0.3) is 6.08 Å². The lowest BCUT2D eigenvalue weighted by Gasteiger charge is -2.19. The van der Waals surface area contributed by atoms with Crippen LogP contribution in [0.5, 0.6) is 11.5 Å². The van der Waals surface area contributed by atoms with Crippen LogP contribution in [0.2, 0.25) is 5.02 Å². The number of amides is 1. The summed E-state index contributed by atoms with van der Waals surface area (Å²) < 4.78 is 11.5. The van der Waals surface area contributed by atoms with Crippen LogP contribution < -0.4 is 14.4 Å². The van der Waals surface area contributed by atoms with E-state index in [1.807, 2.05) is 42.5 Å².